The van der Waals surface area contributed by atoms with Gasteiger partial charge in [0.1, 0.15) is 42.2 Å². The number of phenolic OH excluding ortho intramolecular Hbond substituents is 2. The van der Waals surface area contributed by atoms with E-state index in [1.165, 1.54) is 38.3 Å². The number of alkyl carbamates (subject to hydrolysis) is 1. The van der Waals surface area contributed by atoms with E-state index < -0.39 is 114 Å². The number of ether oxygens (including phenoxy) is 4. The number of carboxylic acid groups (broad SMARTS) is 1. The number of benzene rings is 2. The zero-order valence-electron chi connectivity index (χ0n) is 35.7. The number of phenols is 2. The van der Waals surface area contributed by atoms with Gasteiger partial charge in [-0.1, -0.05) is 18.2 Å². The molecule has 1 amide bonds. The number of Topliss-reactive ketones (excluding diaryl/α,β-unsaturated/α-hetero) is 1. The first-order valence-electron chi connectivity index (χ1n) is 20.7. The van der Waals surface area contributed by atoms with Crippen LogP contribution in [0.1, 0.15) is 129 Å². The van der Waals surface area contributed by atoms with E-state index in [0.717, 1.165) is 19.3 Å². The second-order valence-corrected chi connectivity index (χ2v) is 17.6. The topological polar surface area (TPSA) is 268 Å². The fourth-order valence-corrected chi connectivity index (χ4v) is 9.24. The molecular formula is C44H56N2O16. The van der Waals surface area contributed by atoms with Crippen LogP contribution in [0.4, 0.5) is 4.79 Å². The Kier molecular flexibility index (Phi) is 13.5. The molecule has 338 valence electrons. The predicted octanol–water partition coefficient (Wildman–Crippen LogP) is 3.53. The lowest BCUT2D eigenvalue weighted by Crippen LogP contribution is -2.58. The molecule has 0 aromatic heterocycles. The Morgan fingerprint density at radius 1 is 1.02 bits per heavy atom. The van der Waals surface area contributed by atoms with Gasteiger partial charge < -0.3 is 54.9 Å². The first kappa shape index (κ1) is 46.6. The molecular weight excluding hydrogens is 812 g/mol. The highest BCUT2D eigenvalue weighted by Crippen LogP contribution is 2.52. The largest absolute Gasteiger partial charge is 0.507 e. The van der Waals surface area contributed by atoms with Crippen molar-refractivity contribution >= 4 is 29.4 Å². The van der Waals surface area contributed by atoms with Crippen molar-refractivity contribution in [1.82, 2.24) is 10.4 Å². The van der Waals surface area contributed by atoms with Crippen LogP contribution in [-0.2, 0) is 35.1 Å². The van der Waals surface area contributed by atoms with Crippen LogP contribution >= 0.6 is 0 Å². The summed E-state index contributed by atoms with van der Waals surface area (Å²) in [6.07, 6.45) is -2.52. The highest BCUT2D eigenvalue weighted by molar-refractivity contribution is 6.31. The number of aliphatic hydroxyl groups is 3. The smallest absolute Gasteiger partial charge is 0.407 e. The molecule has 0 spiro atoms. The predicted molar refractivity (Wildman–Crippen MR) is 217 cm³/mol. The Balaban J connectivity index is 1.16. The van der Waals surface area contributed by atoms with Gasteiger partial charge in [-0.25, -0.2) is 9.59 Å². The molecule has 0 bridgehead atoms. The number of ketones is 3. The molecule has 4 aliphatic rings. The number of unbranched alkanes of at least 4 members (excludes halogenated alkanes) is 1. The van der Waals surface area contributed by atoms with Gasteiger partial charge >= 0.3 is 12.1 Å². The van der Waals surface area contributed by atoms with Crippen molar-refractivity contribution in [3.63, 3.8) is 0 Å². The van der Waals surface area contributed by atoms with Crippen LogP contribution in [0.25, 0.3) is 0 Å². The third-order valence-corrected chi connectivity index (χ3v) is 12.3. The van der Waals surface area contributed by atoms with E-state index in [-0.39, 0.29) is 51.1 Å². The number of fused-ring (bicyclic) bond motifs is 3. The number of piperidine rings is 1. The fourth-order valence-electron chi connectivity index (χ4n) is 9.24. The van der Waals surface area contributed by atoms with E-state index in [1.54, 1.807) is 0 Å². The molecule has 2 fully saturated rings. The van der Waals surface area contributed by atoms with Gasteiger partial charge in [-0.15, -0.1) is 0 Å². The minimum atomic E-state index is -2.39. The molecule has 2 aliphatic heterocycles. The second-order valence-electron chi connectivity index (χ2n) is 17.6. The normalized spacial score (nSPS) is 26.8. The summed E-state index contributed by atoms with van der Waals surface area (Å²) in [4.78, 5) is 71.9. The molecule has 62 heavy (non-hydrogen) atoms. The number of aliphatic carboxylic acids is 1. The molecule has 18 heteroatoms. The van der Waals surface area contributed by atoms with E-state index in [1.807, 2.05) is 5.06 Å². The van der Waals surface area contributed by atoms with E-state index >= 15 is 0 Å². The number of methoxy groups -OCH3 is 1. The number of hydrogen-bond acceptors (Lipinski definition) is 16. The summed E-state index contributed by atoms with van der Waals surface area (Å²) in [6.45, 7) is 8.63. The number of nitrogens with zero attached hydrogens (tertiary/aromatic N) is 1. The van der Waals surface area contributed by atoms with Gasteiger partial charge in [0, 0.05) is 47.0 Å². The van der Waals surface area contributed by atoms with Crippen molar-refractivity contribution in [2.45, 2.75) is 133 Å². The molecule has 6 rings (SSSR count). The third-order valence-electron chi connectivity index (χ3n) is 12.3. The highest BCUT2D eigenvalue weighted by atomic mass is 16.7. The molecule has 2 aromatic carbocycles. The Morgan fingerprint density at radius 2 is 1.69 bits per heavy atom. The summed E-state index contributed by atoms with van der Waals surface area (Å²) in [6, 6.07) is 3.14. The lowest BCUT2D eigenvalue weighted by atomic mass is 9.72. The zero-order valence-corrected chi connectivity index (χ0v) is 35.7. The van der Waals surface area contributed by atoms with E-state index in [9.17, 15) is 54.6 Å². The lowest BCUT2D eigenvalue weighted by molar-refractivity contribution is -0.280. The molecule has 2 saturated heterocycles. The summed E-state index contributed by atoms with van der Waals surface area (Å²) in [5.74, 6) is -5.55. The van der Waals surface area contributed by atoms with Gasteiger partial charge in [0.15, 0.2) is 17.9 Å². The van der Waals surface area contributed by atoms with Crippen molar-refractivity contribution in [1.29, 1.82) is 0 Å². The number of aromatic hydroxyl groups is 2. The van der Waals surface area contributed by atoms with Gasteiger partial charge in [-0.2, -0.15) is 5.06 Å². The van der Waals surface area contributed by atoms with Gasteiger partial charge in [-0.05, 0) is 72.8 Å². The molecule has 0 saturated carbocycles. The van der Waals surface area contributed by atoms with Crippen molar-refractivity contribution in [3.05, 3.63) is 63.2 Å². The molecule has 6 atom stereocenters. The Bertz CT molecular complexity index is 2130. The van der Waals surface area contributed by atoms with Gasteiger partial charge in [0.05, 0.1) is 54.2 Å². The first-order valence-corrected chi connectivity index (χ1v) is 20.7. The fraction of sp³-hybridized carbons (Fsp3) is 0.568. The third kappa shape index (κ3) is 8.95. The van der Waals surface area contributed by atoms with Crippen LogP contribution in [0, 0.1) is 0 Å². The number of aliphatic hydroxyl groups excluding tert-OH is 2. The maximum atomic E-state index is 14.0. The van der Waals surface area contributed by atoms with Crippen LogP contribution in [-0.4, -0.2) is 133 Å². The SMILES string of the molecule is COc1cccc2c1C(=O)c1c(O)c3c(c(O)c1C2=O)CC(O)(C(=O)CO)C[C@H]3O[C@@H]1C[C@@H](NC(=O)OC/C(=C/CCCON2C(C)(C)CCCC2(C)C)C(=O)O)[C@@H](O)[C@@H](C)O1. The molecule has 2 aliphatic carbocycles. The number of hydroxylamine groups is 2. The zero-order chi connectivity index (χ0) is 45.5. The number of allylic oxidation sites excluding steroid dienone is 1. The van der Waals surface area contributed by atoms with Crippen LogP contribution in [0.2, 0.25) is 0 Å². The summed E-state index contributed by atoms with van der Waals surface area (Å²) in [7, 11) is 1.29. The second kappa shape index (κ2) is 18.0. The standard InChI is InChI=1S/C44H56N2O16/c1-22-35(49)26(45-41(56)59-21-23(40(54)55)11-7-8-16-60-46-42(2,3)14-10-15-43(46,4)5)17-30(61-22)62-28-19-44(57,29(48)20-47)18-25-32(28)39(53)34-33(37(25)51)36(50)24-12-9-13-27(58-6)31(24)38(34)52/h9,11-13,22,26,28,30,35,47,49,51,53,57H,7-8,10,14-21H2,1-6H3,(H,45,56)(H,54,55)/b23-11-/t22-,26-,28-,30-,35+,44?/m1/s1. The minimum absolute atomic E-state index is 0.0384. The van der Waals surface area contributed by atoms with Crippen LogP contribution in [0.15, 0.2) is 29.8 Å². The van der Waals surface area contributed by atoms with E-state index in [4.69, 9.17) is 23.8 Å². The van der Waals surface area contributed by atoms with Gasteiger partial charge in [0.25, 0.3) is 0 Å². The number of carbonyl (C=O) groups is 5. The minimum Gasteiger partial charge on any atom is -0.507 e. The van der Waals surface area contributed by atoms with Crippen molar-refractivity contribution in [3.8, 4) is 17.2 Å². The number of carboxylic acids is 1. The molecule has 18 nitrogen and oxygen atoms in total. The van der Waals surface area contributed by atoms with E-state index in [2.05, 4.69) is 33.0 Å². The number of amides is 1. The van der Waals surface area contributed by atoms with Gasteiger partial charge in [-0.3, -0.25) is 19.2 Å². The number of carbonyl (C=O) groups excluding carboxylic acids is 4. The number of rotatable bonds is 14. The summed E-state index contributed by atoms with van der Waals surface area (Å²) in [5, 5.41) is 70.1. The summed E-state index contributed by atoms with van der Waals surface area (Å²) < 4.78 is 22.7. The lowest BCUT2D eigenvalue weighted by Gasteiger charge is -2.51. The molecule has 0 radical (unpaired) electrons. The Hall–Kier alpha value is -4.95. The van der Waals surface area contributed by atoms with Gasteiger partial charge in [0.2, 0.25) is 5.78 Å². The first-order chi connectivity index (χ1) is 29.1. The molecule has 2 heterocycles. The van der Waals surface area contributed by atoms with Crippen molar-refractivity contribution < 1.29 is 78.4 Å². The monoisotopic (exact) mass is 868 g/mol. The van der Waals surface area contributed by atoms with Crippen LogP contribution in [0.3, 0.4) is 0 Å². The Morgan fingerprint density at radius 3 is 2.34 bits per heavy atom. The average molecular weight is 869 g/mol. The maximum Gasteiger partial charge on any atom is 0.407 e. The number of nitrogens with one attached hydrogen (secondary N) is 1. The van der Waals surface area contributed by atoms with Crippen molar-refractivity contribution in [2.75, 3.05) is 26.9 Å². The molecule has 1 unspecified atom stereocenters. The average Bonchev–Trinajstić information content (AvgIpc) is 3.20. The number of hydrogen-bond donors (Lipinski definition) is 7. The highest BCUT2D eigenvalue weighted by Gasteiger charge is 2.50. The van der Waals surface area contributed by atoms with Crippen LogP contribution in [0.5, 0.6) is 17.2 Å². The molecule has 7 N–H and O–H groups in total. The quantitative estimate of drug-likeness (QED) is 0.0694. The maximum absolute atomic E-state index is 14.0. The Labute approximate surface area is 358 Å². The van der Waals surface area contributed by atoms with Crippen LogP contribution < -0.4 is 10.1 Å². The summed E-state index contributed by atoms with van der Waals surface area (Å²) in [5.41, 5.74) is -4.77. The molecule has 2 aromatic rings. The van der Waals surface area contributed by atoms with Crippen molar-refractivity contribution in [2.24, 2.45) is 0 Å². The summed E-state index contributed by atoms with van der Waals surface area (Å²) >= 11 is 0. The van der Waals surface area contributed by atoms with E-state index in [0.29, 0.717) is 19.4 Å².